The molecule has 1 amide bonds. The van der Waals surface area contributed by atoms with Gasteiger partial charge in [0.2, 0.25) is 0 Å². The average Bonchev–Trinajstić information content (AvgIpc) is 2.36. The summed E-state index contributed by atoms with van der Waals surface area (Å²) in [7, 11) is 0. The highest BCUT2D eigenvalue weighted by Crippen LogP contribution is 2.10. The van der Waals surface area contributed by atoms with Crippen LogP contribution in [0.25, 0.3) is 0 Å². The van der Waals surface area contributed by atoms with Gasteiger partial charge in [-0.15, -0.1) is 0 Å². The second kappa shape index (κ2) is 5.61. The number of nitrogen functional groups attached to an aromatic ring is 1. The summed E-state index contributed by atoms with van der Waals surface area (Å²) in [6.45, 7) is 0. The Hall–Kier alpha value is -2.93. The van der Waals surface area contributed by atoms with Crippen LogP contribution in [0.4, 0.5) is 16.2 Å². The molecule has 0 fully saturated rings. The summed E-state index contributed by atoms with van der Waals surface area (Å²) in [6.07, 6.45) is -1.10. The molecule has 0 saturated carbocycles. The first-order valence-corrected chi connectivity index (χ1v) is 5.61. The molecule has 2 aromatic rings. The van der Waals surface area contributed by atoms with E-state index in [1.165, 1.54) is 0 Å². The van der Waals surface area contributed by atoms with Gasteiger partial charge in [-0.2, -0.15) is 0 Å². The Balaban J connectivity index is 2.22. The predicted molar refractivity (Wildman–Crippen MR) is 74.9 cm³/mol. The minimum Gasteiger partial charge on any atom is -0.465 e. The minimum absolute atomic E-state index is 0.492. The van der Waals surface area contributed by atoms with Gasteiger partial charge in [0.1, 0.15) is 0 Å². The van der Waals surface area contributed by atoms with E-state index >= 15 is 0 Å². The van der Waals surface area contributed by atoms with Crippen LogP contribution in [0.2, 0.25) is 0 Å². The minimum atomic E-state index is -1.10. The second-order valence-corrected chi connectivity index (χ2v) is 3.89. The molecule has 94 valence electrons. The molecule has 0 unspecified atom stereocenters. The van der Waals surface area contributed by atoms with Crippen LogP contribution in [0.5, 0.6) is 0 Å². The molecule has 0 saturated heterocycles. The summed E-state index contributed by atoms with van der Waals surface area (Å²) in [5.41, 5.74) is 8.36. The van der Waals surface area contributed by atoms with Crippen molar-refractivity contribution in [1.82, 2.24) is 0 Å². The van der Waals surface area contributed by atoms with Crippen LogP contribution in [-0.4, -0.2) is 11.2 Å². The van der Waals surface area contributed by atoms with Gasteiger partial charge in [-0.05, 0) is 36.4 Å². The molecule has 4 N–H and O–H groups in total. The normalized spacial score (nSPS) is 9.26. The van der Waals surface area contributed by atoms with Crippen molar-refractivity contribution in [2.75, 3.05) is 11.1 Å². The highest BCUT2D eigenvalue weighted by Gasteiger charge is 1.97. The molecule has 0 bridgehead atoms. The summed E-state index contributed by atoms with van der Waals surface area (Å²) >= 11 is 0. The number of nitrogens with one attached hydrogen (secondary N) is 1. The number of carboxylic acid groups (broad SMARTS) is 1. The van der Waals surface area contributed by atoms with Crippen LogP contribution >= 0.6 is 0 Å². The molecule has 0 heterocycles. The molecule has 4 heteroatoms. The van der Waals surface area contributed by atoms with Gasteiger partial charge in [-0.1, -0.05) is 24.0 Å². The predicted octanol–water partition coefficient (Wildman–Crippen LogP) is 2.76. The number of benzene rings is 2. The molecule has 0 aromatic heterocycles. The first-order valence-electron chi connectivity index (χ1n) is 5.61. The van der Waals surface area contributed by atoms with Gasteiger partial charge in [-0.25, -0.2) is 4.79 Å². The maximum absolute atomic E-state index is 10.5. The van der Waals surface area contributed by atoms with Crippen molar-refractivity contribution >= 4 is 17.5 Å². The van der Waals surface area contributed by atoms with Gasteiger partial charge in [0, 0.05) is 22.5 Å². The fourth-order valence-corrected chi connectivity index (χ4v) is 1.56. The molecule has 4 nitrogen and oxygen atoms in total. The molecule has 0 atom stereocenters. The van der Waals surface area contributed by atoms with Crippen molar-refractivity contribution in [2.45, 2.75) is 0 Å². The molecule has 2 aromatic carbocycles. The largest absolute Gasteiger partial charge is 0.465 e. The molecule has 19 heavy (non-hydrogen) atoms. The molecular weight excluding hydrogens is 240 g/mol. The van der Waals surface area contributed by atoms with E-state index in [1.807, 2.05) is 18.2 Å². The number of rotatable bonds is 1. The van der Waals surface area contributed by atoms with Gasteiger partial charge in [-0.3, -0.25) is 5.32 Å². The Bertz CT molecular complexity index is 669. The van der Waals surface area contributed by atoms with Crippen LogP contribution in [0.1, 0.15) is 11.1 Å². The van der Waals surface area contributed by atoms with E-state index in [2.05, 4.69) is 17.2 Å². The summed E-state index contributed by atoms with van der Waals surface area (Å²) < 4.78 is 0. The van der Waals surface area contributed by atoms with Crippen LogP contribution in [0.3, 0.4) is 0 Å². The Morgan fingerprint density at radius 2 is 1.68 bits per heavy atom. The van der Waals surface area contributed by atoms with Gasteiger partial charge in [0.15, 0.2) is 0 Å². The fourth-order valence-electron chi connectivity index (χ4n) is 1.56. The van der Waals surface area contributed by atoms with E-state index in [4.69, 9.17) is 10.8 Å². The van der Waals surface area contributed by atoms with Crippen molar-refractivity contribution in [1.29, 1.82) is 0 Å². The Labute approximate surface area is 110 Å². The zero-order chi connectivity index (χ0) is 13.7. The van der Waals surface area contributed by atoms with Crippen molar-refractivity contribution in [3.63, 3.8) is 0 Å². The SMILES string of the molecule is Nc1cccc(C#Cc2cccc(NC(=O)O)c2)c1. The maximum Gasteiger partial charge on any atom is 0.409 e. The third kappa shape index (κ3) is 3.79. The second-order valence-electron chi connectivity index (χ2n) is 3.89. The smallest absolute Gasteiger partial charge is 0.409 e. The molecule has 0 aliphatic heterocycles. The third-order valence-electron chi connectivity index (χ3n) is 2.35. The first-order chi connectivity index (χ1) is 9.13. The zero-order valence-electron chi connectivity index (χ0n) is 10.1. The molecule has 2 rings (SSSR count). The summed E-state index contributed by atoms with van der Waals surface area (Å²) in [4.78, 5) is 10.5. The third-order valence-corrected chi connectivity index (χ3v) is 2.35. The number of anilines is 2. The number of carbonyl (C=O) groups is 1. The van der Waals surface area contributed by atoms with Crippen LogP contribution in [0, 0.1) is 11.8 Å². The topological polar surface area (TPSA) is 75.3 Å². The first kappa shape index (κ1) is 12.5. The number of amides is 1. The molecular formula is C15H12N2O2. The lowest BCUT2D eigenvalue weighted by molar-refractivity contribution is 0.210. The van der Waals surface area contributed by atoms with E-state index in [-0.39, 0.29) is 0 Å². The van der Waals surface area contributed by atoms with E-state index < -0.39 is 6.09 Å². The van der Waals surface area contributed by atoms with Crippen molar-refractivity contribution in [2.24, 2.45) is 0 Å². The lowest BCUT2D eigenvalue weighted by atomic mass is 10.1. The average molecular weight is 252 g/mol. The van der Waals surface area contributed by atoms with E-state index in [1.54, 1.807) is 30.3 Å². The van der Waals surface area contributed by atoms with Crippen LogP contribution in [0.15, 0.2) is 48.5 Å². The summed E-state index contributed by atoms with van der Waals surface area (Å²) in [5.74, 6) is 5.94. The monoisotopic (exact) mass is 252 g/mol. The van der Waals surface area contributed by atoms with Gasteiger partial charge < -0.3 is 10.8 Å². The molecule has 0 aliphatic carbocycles. The van der Waals surface area contributed by atoms with Crippen molar-refractivity contribution in [3.05, 3.63) is 59.7 Å². The van der Waals surface area contributed by atoms with E-state index in [0.29, 0.717) is 11.4 Å². The molecule has 0 aliphatic rings. The summed E-state index contributed by atoms with van der Waals surface area (Å²) in [5, 5.41) is 10.9. The van der Waals surface area contributed by atoms with E-state index in [9.17, 15) is 4.79 Å². The lowest BCUT2D eigenvalue weighted by Gasteiger charge is -2.00. The fraction of sp³-hybridized carbons (Fsp3) is 0. The van der Waals surface area contributed by atoms with E-state index in [0.717, 1.165) is 11.1 Å². The number of nitrogens with two attached hydrogens (primary N) is 1. The van der Waals surface area contributed by atoms with Crippen LogP contribution < -0.4 is 11.1 Å². The quantitative estimate of drug-likeness (QED) is 0.539. The highest BCUT2D eigenvalue weighted by atomic mass is 16.4. The Morgan fingerprint density at radius 3 is 2.32 bits per heavy atom. The lowest BCUT2D eigenvalue weighted by Crippen LogP contribution is -2.06. The van der Waals surface area contributed by atoms with Gasteiger partial charge in [0.05, 0.1) is 0 Å². The summed E-state index contributed by atoms with van der Waals surface area (Å²) in [6, 6.07) is 14.2. The Kier molecular flexibility index (Phi) is 3.70. The molecule has 0 spiro atoms. The van der Waals surface area contributed by atoms with Crippen molar-refractivity contribution < 1.29 is 9.90 Å². The number of hydrogen-bond donors (Lipinski definition) is 3. The standard InChI is InChI=1S/C15H12N2O2/c16-13-5-1-3-11(9-13)7-8-12-4-2-6-14(10-12)17-15(18)19/h1-6,9-10,17H,16H2,(H,18,19). The molecule has 0 radical (unpaired) electrons. The Morgan fingerprint density at radius 1 is 1.05 bits per heavy atom. The van der Waals surface area contributed by atoms with Gasteiger partial charge in [0.25, 0.3) is 0 Å². The zero-order valence-corrected chi connectivity index (χ0v) is 10.1. The van der Waals surface area contributed by atoms with Gasteiger partial charge >= 0.3 is 6.09 Å². The highest BCUT2D eigenvalue weighted by molar-refractivity contribution is 5.83. The van der Waals surface area contributed by atoms with Crippen molar-refractivity contribution in [3.8, 4) is 11.8 Å². The maximum atomic E-state index is 10.5. The number of hydrogen-bond acceptors (Lipinski definition) is 2. The van der Waals surface area contributed by atoms with Crippen LogP contribution in [-0.2, 0) is 0 Å².